The zero-order chi connectivity index (χ0) is 15.4. The largest absolute Gasteiger partial charge is 0.507 e. The number of carbonyl (C=O) groups is 1. The molecule has 6 heteroatoms. The number of amides is 1. The fourth-order valence-electron chi connectivity index (χ4n) is 1.86. The number of hydrogen-bond acceptors (Lipinski definition) is 2. The molecule has 0 aliphatic rings. The lowest BCUT2D eigenvalue weighted by atomic mass is 10.1. The van der Waals surface area contributed by atoms with Crippen LogP contribution in [-0.2, 0) is 6.42 Å². The van der Waals surface area contributed by atoms with Crippen LogP contribution in [0.1, 0.15) is 15.9 Å². The molecule has 2 N–H and O–H groups in total. The number of phenols is 1. The van der Waals surface area contributed by atoms with Crippen molar-refractivity contribution < 1.29 is 18.7 Å². The first-order valence-corrected chi connectivity index (χ1v) is 6.55. The van der Waals surface area contributed by atoms with Crippen molar-refractivity contribution >= 4 is 17.5 Å². The highest BCUT2D eigenvalue weighted by Gasteiger charge is 2.11. The van der Waals surface area contributed by atoms with E-state index < -0.39 is 17.5 Å². The second-order valence-corrected chi connectivity index (χ2v) is 4.88. The molecular weight excluding hydrogens is 300 g/mol. The van der Waals surface area contributed by atoms with Gasteiger partial charge in [0.1, 0.15) is 17.4 Å². The first-order chi connectivity index (χ1) is 9.95. The molecule has 0 fully saturated rings. The maximum atomic E-state index is 13.0. The average molecular weight is 312 g/mol. The lowest BCUT2D eigenvalue weighted by Crippen LogP contribution is -2.25. The summed E-state index contributed by atoms with van der Waals surface area (Å²) in [4.78, 5) is 11.9. The molecule has 0 saturated carbocycles. The van der Waals surface area contributed by atoms with Gasteiger partial charge in [-0.25, -0.2) is 8.78 Å². The predicted molar refractivity (Wildman–Crippen MR) is 75.5 cm³/mol. The molecule has 21 heavy (non-hydrogen) atoms. The zero-order valence-corrected chi connectivity index (χ0v) is 11.6. The minimum Gasteiger partial charge on any atom is -0.507 e. The van der Waals surface area contributed by atoms with Crippen molar-refractivity contribution in [1.29, 1.82) is 0 Å². The number of benzene rings is 2. The summed E-state index contributed by atoms with van der Waals surface area (Å²) in [7, 11) is 0. The first kappa shape index (κ1) is 15.3. The molecule has 3 nitrogen and oxygen atoms in total. The normalized spacial score (nSPS) is 10.4. The summed E-state index contributed by atoms with van der Waals surface area (Å²) >= 11 is 5.75. The van der Waals surface area contributed by atoms with Crippen molar-refractivity contribution in [2.75, 3.05) is 6.54 Å². The number of phenolic OH excluding ortho intramolecular Hbond substituents is 1. The van der Waals surface area contributed by atoms with Gasteiger partial charge < -0.3 is 10.4 Å². The summed E-state index contributed by atoms with van der Waals surface area (Å²) in [5, 5.41) is 12.5. The summed E-state index contributed by atoms with van der Waals surface area (Å²) in [6, 6.07) is 7.31. The molecule has 2 aromatic rings. The van der Waals surface area contributed by atoms with Crippen LogP contribution in [0.5, 0.6) is 5.75 Å². The smallest absolute Gasteiger partial charge is 0.255 e. The molecule has 1 amide bonds. The summed E-state index contributed by atoms with van der Waals surface area (Å²) in [6.45, 7) is 0.174. The molecule has 0 radical (unpaired) electrons. The number of aromatic hydroxyl groups is 1. The molecule has 0 aromatic heterocycles. The van der Waals surface area contributed by atoms with Gasteiger partial charge in [0.25, 0.3) is 5.91 Å². The van der Waals surface area contributed by atoms with Gasteiger partial charge in [-0.15, -0.1) is 0 Å². The average Bonchev–Trinajstić information content (AvgIpc) is 2.40. The number of nitrogens with one attached hydrogen (secondary N) is 1. The fraction of sp³-hybridized carbons (Fsp3) is 0.133. The maximum absolute atomic E-state index is 13.0. The van der Waals surface area contributed by atoms with Crippen LogP contribution in [0.3, 0.4) is 0 Å². The van der Waals surface area contributed by atoms with Gasteiger partial charge in [0, 0.05) is 17.6 Å². The summed E-state index contributed by atoms with van der Waals surface area (Å²) in [5.74, 6) is -2.02. The van der Waals surface area contributed by atoms with Crippen molar-refractivity contribution in [2.24, 2.45) is 0 Å². The maximum Gasteiger partial charge on any atom is 0.255 e. The van der Waals surface area contributed by atoms with Crippen LogP contribution in [0.2, 0.25) is 5.02 Å². The Morgan fingerprint density at radius 1 is 1.14 bits per heavy atom. The zero-order valence-electron chi connectivity index (χ0n) is 10.9. The van der Waals surface area contributed by atoms with Crippen LogP contribution < -0.4 is 5.32 Å². The molecule has 0 spiro atoms. The summed E-state index contributed by atoms with van der Waals surface area (Å²) < 4.78 is 26.0. The standard InChI is InChI=1S/C15H12ClF2NO2/c16-10-1-2-14(20)13(7-10)15(21)19-4-3-9-5-11(17)8-12(18)6-9/h1-2,5-8,20H,3-4H2,(H,19,21). The third-order valence-corrected chi connectivity index (χ3v) is 3.06. The Hall–Kier alpha value is -2.14. The van der Waals surface area contributed by atoms with E-state index in [1.807, 2.05) is 0 Å². The Bertz CT molecular complexity index is 656. The number of rotatable bonds is 4. The number of hydrogen-bond donors (Lipinski definition) is 2. The molecule has 2 aromatic carbocycles. The highest BCUT2D eigenvalue weighted by molar-refractivity contribution is 6.31. The van der Waals surface area contributed by atoms with E-state index in [4.69, 9.17) is 11.6 Å². The van der Waals surface area contributed by atoms with Crippen LogP contribution >= 0.6 is 11.6 Å². The minimum atomic E-state index is -0.663. The number of carbonyl (C=O) groups excluding carboxylic acids is 1. The third kappa shape index (κ3) is 4.16. The van der Waals surface area contributed by atoms with Gasteiger partial charge in [-0.3, -0.25) is 4.79 Å². The van der Waals surface area contributed by atoms with E-state index in [9.17, 15) is 18.7 Å². The van der Waals surface area contributed by atoms with E-state index in [0.717, 1.165) is 6.07 Å². The monoisotopic (exact) mass is 311 g/mol. The summed E-state index contributed by atoms with van der Waals surface area (Å²) in [5.41, 5.74) is 0.482. The molecular formula is C15H12ClF2NO2. The highest BCUT2D eigenvalue weighted by Crippen LogP contribution is 2.21. The van der Waals surface area contributed by atoms with E-state index in [-0.39, 0.29) is 24.3 Å². The fourth-order valence-corrected chi connectivity index (χ4v) is 2.03. The lowest BCUT2D eigenvalue weighted by molar-refractivity contribution is 0.0951. The molecule has 0 atom stereocenters. The van der Waals surface area contributed by atoms with Crippen LogP contribution in [0.4, 0.5) is 8.78 Å². The molecule has 0 aliphatic carbocycles. The van der Waals surface area contributed by atoms with Crippen molar-refractivity contribution in [3.8, 4) is 5.75 Å². The van der Waals surface area contributed by atoms with E-state index >= 15 is 0 Å². The molecule has 0 aliphatic heterocycles. The molecule has 0 saturated heterocycles. The molecule has 2 rings (SSSR count). The molecule has 0 bridgehead atoms. The molecule has 0 unspecified atom stereocenters. The Kier molecular flexibility index (Phi) is 4.75. The van der Waals surface area contributed by atoms with Gasteiger partial charge in [0.15, 0.2) is 0 Å². The summed E-state index contributed by atoms with van der Waals surface area (Å²) in [6.07, 6.45) is 0.266. The molecule has 0 heterocycles. The van der Waals surface area contributed by atoms with Gasteiger partial charge in [0.2, 0.25) is 0 Å². The number of halogens is 3. The van der Waals surface area contributed by atoms with Crippen LogP contribution in [0.25, 0.3) is 0 Å². The van der Waals surface area contributed by atoms with E-state index in [1.54, 1.807) is 0 Å². The van der Waals surface area contributed by atoms with Gasteiger partial charge in [-0.2, -0.15) is 0 Å². The van der Waals surface area contributed by atoms with Crippen molar-refractivity contribution in [2.45, 2.75) is 6.42 Å². The Labute approximate surface area is 125 Å². The topological polar surface area (TPSA) is 49.3 Å². The second-order valence-electron chi connectivity index (χ2n) is 4.45. The van der Waals surface area contributed by atoms with Crippen LogP contribution in [0, 0.1) is 11.6 Å². The van der Waals surface area contributed by atoms with Crippen molar-refractivity contribution in [3.05, 3.63) is 64.2 Å². The lowest BCUT2D eigenvalue weighted by Gasteiger charge is -2.07. The van der Waals surface area contributed by atoms with Gasteiger partial charge in [0.05, 0.1) is 5.56 Å². The Balaban J connectivity index is 1.96. The predicted octanol–water partition coefficient (Wildman–Crippen LogP) is 3.30. The van der Waals surface area contributed by atoms with Gasteiger partial charge in [-0.05, 0) is 42.3 Å². The van der Waals surface area contributed by atoms with E-state index in [2.05, 4.69) is 5.32 Å². The third-order valence-electron chi connectivity index (χ3n) is 2.82. The van der Waals surface area contributed by atoms with Gasteiger partial charge >= 0.3 is 0 Å². The minimum absolute atomic E-state index is 0.0490. The Morgan fingerprint density at radius 2 is 1.81 bits per heavy atom. The van der Waals surface area contributed by atoms with E-state index in [1.165, 1.54) is 30.3 Å². The van der Waals surface area contributed by atoms with E-state index in [0.29, 0.717) is 10.6 Å². The highest BCUT2D eigenvalue weighted by atomic mass is 35.5. The van der Waals surface area contributed by atoms with Crippen molar-refractivity contribution in [3.63, 3.8) is 0 Å². The van der Waals surface area contributed by atoms with Crippen LogP contribution in [-0.4, -0.2) is 17.6 Å². The van der Waals surface area contributed by atoms with Crippen LogP contribution in [0.15, 0.2) is 36.4 Å². The second kappa shape index (κ2) is 6.54. The quantitative estimate of drug-likeness (QED) is 0.910. The SMILES string of the molecule is O=C(NCCc1cc(F)cc(F)c1)c1cc(Cl)ccc1O. The first-order valence-electron chi connectivity index (χ1n) is 6.17. The van der Waals surface area contributed by atoms with Gasteiger partial charge in [-0.1, -0.05) is 11.6 Å². The Morgan fingerprint density at radius 3 is 2.48 bits per heavy atom. The van der Waals surface area contributed by atoms with Crippen molar-refractivity contribution in [1.82, 2.24) is 5.32 Å². The molecule has 110 valence electrons.